The average Bonchev–Trinajstić information content (AvgIpc) is 2.54. The van der Waals surface area contributed by atoms with E-state index < -0.39 is 0 Å². The molecule has 0 radical (unpaired) electrons. The first-order chi connectivity index (χ1) is 10.7. The Morgan fingerprint density at radius 1 is 1.32 bits per heavy atom. The lowest BCUT2D eigenvalue weighted by Gasteiger charge is -2.39. The number of nitrogens with one attached hydrogen (secondary N) is 2. The Kier molecular flexibility index (Phi) is 6.68. The first-order valence-corrected chi connectivity index (χ1v) is 7.98. The molecule has 122 valence electrons. The predicted molar refractivity (Wildman–Crippen MR) is 87.8 cm³/mol. The van der Waals surface area contributed by atoms with Gasteiger partial charge in [-0.2, -0.15) is 0 Å². The molecule has 0 aromatic heterocycles. The number of hydrogen-bond acceptors (Lipinski definition) is 3. The van der Waals surface area contributed by atoms with Crippen LogP contribution in [0.3, 0.4) is 0 Å². The lowest BCUT2D eigenvalue weighted by molar-refractivity contribution is 0.120. The van der Waals surface area contributed by atoms with Gasteiger partial charge in [0.2, 0.25) is 0 Å². The van der Waals surface area contributed by atoms with E-state index in [2.05, 4.69) is 46.8 Å². The molecule has 0 unspecified atom stereocenters. The summed E-state index contributed by atoms with van der Waals surface area (Å²) in [4.78, 5) is 14.2. The number of rotatable bonds is 6. The number of amides is 2. The molecule has 1 aliphatic heterocycles. The van der Waals surface area contributed by atoms with Crippen molar-refractivity contribution in [3.05, 3.63) is 35.9 Å². The van der Waals surface area contributed by atoms with E-state index >= 15 is 0 Å². The molecule has 1 heterocycles. The summed E-state index contributed by atoms with van der Waals surface area (Å²) in [6, 6.07) is 10.8. The van der Waals surface area contributed by atoms with Crippen LogP contribution in [-0.2, 0) is 4.74 Å². The fourth-order valence-corrected chi connectivity index (χ4v) is 3.20. The molecule has 2 atom stereocenters. The van der Waals surface area contributed by atoms with Gasteiger partial charge < -0.3 is 15.4 Å². The third-order valence-electron chi connectivity index (χ3n) is 4.26. The molecule has 1 fully saturated rings. The van der Waals surface area contributed by atoms with Crippen molar-refractivity contribution in [2.24, 2.45) is 5.92 Å². The maximum Gasteiger partial charge on any atom is 0.314 e. The number of benzene rings is 1. The van der Waals surface area contributed by atoms with Crippen LogP contribution < -0.4 is 10.6 Å². The first kappa shape index (κ1) is 16.8. The molecule has 1 saturated heterocycles. The van der Waals surface area contributed by atoms with Crippen LogP contribution >= 0.6 is 0 Å². The van der Waals surface area contributed by atoms with Gasteiger partial charge >= 0.3 is 6.03 Å². The van der Waals surface area contributed by atoms with Crippen molar-refractivity contribution in [3.63, 3.8) is 0 Å². The summed E-state index contributed by atoms with van der Waals surface area (Å²) in [6.07, 6.45) is 2.32. The Labute approximate surface area is 133 Å². The standard InChI is InChI=1S/C17H27N3O2/c1-20-11-6-9-15(13-19-17(21)18-10-12-22-2)16(20)14-7-4-3-5-8-14/h3-5,7-8,15-16H,6,9-13H2,1-2H3,(H2,18,19,21)/t15-,16+/m1/s1. The second-order valence-corrected chi connectivity index (χ2v) is 5.87. The minimum Gasteiger partial charge on any atom is -0.383 e. The lowest BCUT2D eigenvalue weighted by atomic mass is 9.85. The van der Waals surface area contributed by atoms with Crippen molar-refractivity contribution in [3.8, 4) is 0 Å². The molecule has 0 saturated carbocycles. The Morgan fingerprint density at radius 2 is 2.09 bits per heavy atom. The van der Waals surface area contributed by atoms with E-state index in [9.17, 15) is 4.79 Å². The molecule has 2 N–H and O–H groups in total. The molecule has 1 aromatic carbocycles. The van der Waals surface area contributed by atoms with Gasteiger partial charge in [0.1, 0.15) is 0 Å². The molecule has 2 rings (SSSR count). The topological polar surface area (TPSA) is 53.6 Å². The normalized spacial score (nSPS) is 22.3. The summed E-state index contributed by atoms with van der Waals surface area (Å²) >= 11 is 0. The molecular weight excluding hydrogens is 278 g/mol. The van der Waals surface area contributed by atoms with Gasteiger partial charge in [0.15, 0.2) is 0 Å². The second kappa shape index (κ2) is 8.76. The van der Waals surface area contributed by atoms with Crippen molar-refractivity contribution in [1.29, 1.82) is 0 Å². The number of nitrogens with zero attached hydrogens (tertiary/aromatic N) is 1. The predicted octanol–water partition coefficient (Wildman–Crippen LogP) is 2.02. The monoisotopic (exact) mass is 305 g/mol. The largest absolute Gasteiger partial charge is 0.383 e. The summed E-state index contributed by atoms with van der Waals surface area (Å²) in [5, 5.41) is 5.80. The van der Waals surface area contributed by atoms with E-state index in [4.69, 9.17) is 4.74 Å². The van der Waals surface area contributed by atoms with Gasteiger partial charge in [-0.05, 0) is 37.9 Å². The van der Waals surface area contributed by atoms with E-state index in [1.807, 2.05) is 6.07 Å². The molecule has 0 spiro atoms. The number of piperidine rings is 1. The van der Waals surface area contributed by atoms with Crippen molar-refractivity contribution >= 4 is 6.03 Å². The minimum absolute atomic E-state index is 0.114. The quantitative estimate of drug-likeness (QED) is 0.791. The van der Waals surface area contributed by atoms with Crippen molar-refractivity contribution < 1.29 is 9.53 Å². The third kappa shape index (κ3) is 4.71. The smallest absolute Gasteiger partial charge is 0.314 e. The molecule has 1 aliphatic rings. The summed E-state index contributed by atoms with van der Waals surface area (Å²) < 4.78 is 4.93. The van der Waals surface area contributed by atoms with E-state index in [1.54, 1.807) is 7.11 Å². The first-order valence-electron chi connectivity index (χ1n) is 7.98. The van der Waals surface area contributed by atoms with E-state index in [-0.39, 0.29) is 6.03 Å². The fourth-order valence-electron chi connectivity index (χ4n) is 3.20. The lowest BCUT2D eigenvalue weighted by Crippen LogP contribution is -2.44. The summed E-state index contributed by atoms with van der Waals surface area (Å²) in [5.41, 5.74) is 1.33. The number of urea groups is 1. The molecule has 1 aromatic rings. The summed E-state index contributed by atoms with van der Waals surface area (Å²) in [6.45, 7) is 2.88. The highest BCUT2D eigenvalue weighted by Gasteiger charge is 2.30. The summed E-state index contributed by atoms with van der Waals surface area (Å²) in [5.74, 6) is 0.439. The van der Waals surface area contributed by atoms with Crippen molar-refractivity contribution in [2.45, 2.75) is 18.9 Å². The second-order valence-electron chi connectivity index (χ2n) is 5.87. The van der Waals surface area contributed by atoms with E-state index in [1.165, 1.54) is 12.0 Å². The minimum atomic E-state index is -0.114. The van der Waals surface area contributed by atoms with Crippen LogP contribution in [0.1, 0.15) is 24.4 Å². The van der Waals surface area contributed by atoms with Crippen LogP contribution in [0, 0.1) is 5.92 Å². The van der Waals surface area contributed by atoms with Gasteiger partial charge in [0.25, 0.3) is 0 Å². The molecule has 5 heteroatoms. The van der Waals surface area contributed by atoms with Crippen molar-refractivity contribution in [2.75, 3.05) is 40.4 Å². The van der Waals surface area contributed by atoms with Crippen LogP contribution in [0.25, 0.3) is 0 Å². The van der Waals surface area contributed by atoms with E-state index in [0.717, 1.165) is 13.0 Å². The van der Waals surface area contributed by atoms with E-state index in [0.29, 0.717) is 31.7 Å². The van der Waals surface area contributed by atoms with Gasteiger partial charge in [-0.25, -0.2) is 4.79 Å². The fraction of sp³-hybridized carbons (Fsp3) is 0.588. The van der Waals surface area contributed by atoms with Crippen molar-refractivity contribution in [1.82, 2.24) is 15.5 Å². The maximum absolute atomic E-state index is 11.8. The molecule has 0 bridgehead atoms. The number of carbonyl (C=O) groups is 1. The Morgan fingerprint density at radius 3 is 2.82 bits per heavy atom. The number of methoxy groups -OCH3 is 1. The Balaban J connectivity index is 1.91. The van der Waals surface area contributed by atoms with Gasteiger partial charge in [0, 0.05) is 26.2 Å². The van der Waals surface area contributed by atoms with Gasteiger partial charge in [-0.15, -0.1) is 0 Å². The highest BCUT2D eigenvalue weighted by molar-refractivity contribution is 5.73. The SMILES string of the molecule is COCCNC(=O)NC[C@H]1CCCN(C)[C@H]1c1ccccc1. The number of likely N-dealkylation sites (tertiary alicyclic amines) is 1. The number of ether oxygens (including phenoxy) is 1. The van der Waals surface area contributed by atoms with Crippen LogP contribution in [0.15, 0.2) is 30.3 Å². The van der Waals surface area contributed by atoms with Crippen LogP contribution in [0.4, 0.5) is 4.79 Å². The maximum atomic E-state index is 11.8. The molecular formula is C17H27N3O2. The van der Waals surface area contributed by atoms with Crippen LogP contribution in [0.2, 0.25) is 0 Å². The Hall–Kier alpha value is -1.59. The number of carbonyl (C=O) groups excluding carboxylic acids is 1. The third-order valence-corrected chi connectivity index (χ3v) is 4.26. The van der Waals surface area contributed by atoms with Crippen LogP contribution in [0.5, 0.6) is 0 Å². The zero-order valence-electron chi connectivity index (χ0n) is 13.5. The zero-order chi connectivity index (χ0) is 15.8. The molecule has 0 aliphatic carbocycles. The highest BCUT2D eigenvalue weighted by Crippen LogP contribution is 2.34. The zero-order valence-corrected chi connectivity index (χ0v) is 13.5. The molecule has 22 heavy (non-hydrogen) atoms. The van der Waals surface area contributed by atoms with Gasteiger partial charge in [0.05, 0.1) is 6.61 Å². The van der Waals surface area contributed by atoms with Crippen LogP contribution in [-0.4, -0.2) is 51.3 Å². The number of hydrogen-bond donors (Lipinski definition) is 2. The highest BCUT2D eigenvalue weighted by atomic mass is 16.5. The van der Waals surface area contributed by atoms with Gasteiger partial charge in [-0.3, -0.25) is 4.90 Å². The van der Waals surface area contributed by atoms with Gasteiger partial charge in [-0.1, -0.05) is 30.3 Å². The average molecular weight is 305 g/mol. The molecule has 2 amide bonds. The summed E-state index contributed by atoms with van der Waals surface area (Å²) in [7, 11) is 3.80. The Bertz CT molecular complexity index is 452. The molecule has 5 nitrogen and oxygen atoms in total.